The third-order valence-corrected chi connectivity index (χ3v) is 4.01. The molecule has 0 aromatic heterocycles. The van der Waals surface area contributed by atoms with Crippen LogP contribution in [0.4, 0.5) is 0 Å². The van der Waals surface area contributed by atoms with Crippen LogP contribution in [0.2, 0.25) is 0 Å². The van der Waals surface area contributed by atoms with Crippen molar-refractivity contribution >= 4 is 5.91 Å². The van der Waals surface area contributed by atoms with Gasteiger partial charge in [-0.1, -0.05) is 12.8 Å². The van der Waals surface area contributed by atoms with E-state index in [1.54, 1.807) is 0 Å². The number of rotatable bonds is 4. The summed E-state index contributed by atoms with van der Waals surface area (Å²) >= 11 is 0. The highest BCUT2D eigenvalue weighted by molar-refractivity contribution is 5.77. The summed E-state index contributed by atoms with van der Waals surface area (Å²) in [6.07, 6.45) is 8.16. The van der Waals surface area contributed by atoms with Crippen LogP contribution in [-0.2, 0) is 4.79 Å². The van der Waals surface area contributed by atoms with Gasteiger partial charge in [0, 0.05) is 25.0 Å². The summed E-state index contributed by atoms with van der Waals surface area (Å²) in [7, 11) is 0. The van der Waals surface area contributed by atoms with Crippen molar-refractivity contribution in [2.24, 2.45) is 0 Å². The van der Waals surface area contributed by atoms with E-state index in [0.29, 0.717) is 24.4 Å². The number of nitrogens with one attached hydrogen (secondary N) is 1. The van der Waals surface area contributed by atoms with Crippen molar-refractivity contribution in [2.45, 2.75) is 64.0 Å². The highest BCUT2D eigenvalue weighted by Crippen LogP contribution is 2.24. The van der Waals surface area contributed by atoms with Gasteiger partial charge < -0.3 is 10.2 Å². The molecule has 2 aliphatic rings. The summed E-state index contributed by atoms with van der Waals surface area (Å²) in [4.78, 5) is 14.3. The average molecular weight is 224 g/mol. The molecule has 0 aromatic carbocycles. The van der Waals surface area contributed by atoms with Gasteiger partial charge in [0.05, 0.1) is 0 Å². The fraction of sp³-hybridized carbons (Fsp3) is 0.923. The van der Waals surface area contributed by atoms with Crippen LogP contribution in [0.25, 0.3) is 0 Å². The smallest absolute Gasteiger partial charge is 0.224 e. The first-order valence-electron chi connectivity index (χ1n) is 6.84. The molecular formula is C13H24N2O. The maximum Gasteiger partial charge on any atom is 0.224 e. The van der Waals surface area contributed by atoms with E-state index in [1.165, 1.54) is 38.5 Å². The van der Waals surface area contributed by atoms with E-state index in [0.717, 1.165) is 13.1 Å². The van der Waals surface area contributed by atoms with Gasteiger partial charge in [-0.05, 0) is 39.2 Å². The standard InChI is InChI=1S/C13H24N2O/c1-2-15(12-7-3-4-8-12)13(16)10-11-6-5-9-14-11/h11-12,14H,2-10H2,1H3. The van der Waals surface area contributed by atoms with Crippen LogP contribution in [0.3, 0.4) is 0 Å². The van der Waals surface area contributed by atoms with E-state index in [1.807, 2.05) is 0 Å². The van der Waals surface area contributed by atoms with Gasteiger partial charge in [-0.25, -0.2) is 0 Å². The second-order valence-corrected chi connectivity index (χ2v) is 5.12. The van der Waals surface area contributed by atoms with Crippen molar-refractivity contribution in [2.75, 3.05) is 13.1 Å². The number of hydrogen-bond donors (Lipinski definition) is 1. The summed E-state index contributed by atoms with van der Waals surface area (Å²) in [5.41, 5.74) is 0. The van der Waals surface area contributed by atoms with Gasteiger partial charge in [0.1, 0.15) is 0 Å². The fourth-order valence-corrected chi connectivity index (χ4v) is 3.11. The highest BCUT2D eigenvalue weighted by atomic mass is 16.2. The Morgan fingerprint density at radius 1 is 1.25 bits per heavy atom. The highest BCUT2D eigenvalue weighted by Gasteiger charge is 2.27. The molecule has 1 heterocycles. The second kappa shape index (κ2) is 5.67. The molecule has 1 unspecified atom stereocenters. The largest absolute Gasteiger partial charge is 0.340 e. The van der Waals surface area contributed by atoms with Crippen LogP contribution in [0, 0.1) is 0 Å². The van der Waals surface area contributed by atoms with Gasteiger partial charge in [-0.15, -0.1) is 0 Å². The molecule has 3 nitrogen and oxygen atoms in total. The summed E-state index contributed by atoms with van der Waals surface area (Å²) < 4.78 is 0. The normalized spacial score (nSPS) is 26.2. The monoisotopic (exact) mass is 224 g/mol. The lowest BCUT2D eigenvalue weighted by Crippen LogP contribution is -2.41. The predicted octanol–water partition coefficient (Wildman–Crippen LogP) is 1.92. The van der Waals surface area contributed by atoms with Crippen LogP contribution in [0.1, 0.15) is 51.9 Å². The molecule has 0 radical (unpaired) electrons. The van der Waals surface area contributed by atoms with Gasteiger partial charge in [-0.2, -0.15) is 0 Å². The molecule has 3 heteroatoms. The zero-order valence-electron chi connectivity index (χ0n) is 10.4. The molecule has 1 aliphatic carbocycles. The predicted molar refractivity (Wildman–Crippen MR) is 65.3 cm³/mol. The molecule has 16 heavy (non-hydrogen) atoms. The van der Waals surface area contributed by atoms with Gasteiger partial charge in [0.25, 0.3) is 0 Å². The first kappa shape index (κ1) is 11.9. The Kier molecular flexibility index (Phi) is 4.22. The number of carbonyl (C=O) groups is 1. The van der Waals surface area contributed by atoms with Crippen LogP contribution in [-0.4, -0.2) is 36.0 Å². The molecule has 1 N–H and O–H groups in total. The van der Waals surface area contributed by atoms with E-state index >= 15 is 0 Å². The Morgan fingerprint density at radius 2 is 2.00 bits per heavy atom. The Balaban J connectivity index is 1.84. The molecule has 0 aromatic rings. The quantitative estimate of drug-likeness (QED) is 0.791. The Labute approximate surface area is 98.6 Å². The molecule has 2 rings (SSSR count). The van der Waals surface area contributed by atoms with Crippen molar-refractivity contribution in [1.29, 1.82) is 0 Å². The van der Waals surface area contributed by atoms with Crippen LogP contribution in [0.5, 0.6) is 0 Å². The lowest BCUT2D eigenvalue weighted by Gasteiger charge is -2.28. The van der Waals surface area contributed by atoms with E-state index in [2.05, 4.69) is 17.1 Å². The van der Waals surface area contributed by atoms with Gasteiger partial charge >= 0.3 is 0 Å². The minimum absolute atomic E-state index is 0.369. The fourth-order valence-electron chi connectivity index (χ4n) is 3.11. The van der Waals surface area contributed by atoms with Gasteiger partial charge in [-0.3, -0.25) is 4.79 Å². The zero-order chi connectivity index (χ0) is 11.4. The Hall–Kier alpha value is -0.570. The lowest BCUT2D eigenvalue weighted by molar-refractivity contribution is -0.133. The number of amides is 1. The molecule has 0 bridgehead atoms. The summed E-state index contributed by atoms with van der Waals surface area (Å²) in [5.74, 6) is 0.369. The Morgan fingerprint density at radius 3 is 2.56 bits per heavy atom. The first-order valence-corrected chi connectivity index (χ1v) is 6.84. The zero-order valence-corrected chi connectivity index (χ0v) is 10.4. The van der Waals surface area contributed by atoms with Crippen molar-refractivity contribution in [1.82, 2.24) is 10.2 Å². The minimum atomic E-state index is 0.369. The molecule has 1 atom stereocenters. The van der Waals surface area contributed by atoms with Gasteiger partial charge in [0.15, 0.2) is 0 Å². The third-order valence-electron chi connectivity index (χ3n) is 4.01. The van der Waals surface area contributed by atoms with E-state index in [-0.39, 0.29) is 0 Å². The van der Waals surface area contributed by atoms with E-state index in [9.17, 15) is 4.79 Å². The van der Waals surface area contributed by atoms with Crippen LogP contribution in [0.15, 0.2) is 0 Å². The second-order valence-electron chi connectivity index (χ2n) is 5.12. The number of carbonyl (C=O) groups excluding carboxylic acids is 1. The summed E-state index contributed by atoms with van der Waals surface area (Å²) in [6.45, 7) is 4.09. The van der Waals surface area contributed by atoms with Crippen LogP contribution >= 0.6 is 0 Å². The third kappa shape index (κ3) is 2.76. The topological polar surface area (TPSA) is 32.3 Å². The number of hydrogen-bond acceptors (Lipinski definition) is 2. The molecule has 0 spiro atoms. The van der Waals surface area contributed by atoms with E-state index < -0.39 is 0 Å². The first-order chi connectivity index (χ1) is 7.81. The number of nitrogens with zero attached hydrogens (tertiary/aromatic N) is 1. The van der Waals surface area contributed by atoms with E-state index in [4.69, 9.17) is 0 Å². The molecule has 92 valence electrons. The average Bonchev–Trinajstić information content (AvgIpc) is 2.91. The molecular weight excluding hydrogens is 200 g/mol. The maximum atomic E-state index is 12.2. The van der Waals surface area contributed by atoms with Crippen molar-refractivity contribution in [3.05, 3.63) is 0 Å². The molecule has 1 saturated heterocycles. The van der Waals surface area contributed by atoms with Crippen LogP contribution < -0.4 is 5.32 Å². The van der Waals surface area contributed by atoms with Crippen molar-refractivity contribution in [3.8, 4) is 0 Å². The maximum absolute atomic E-state index is 12.2. The SMILES string of the molecule is CCN(C(=O)CC1CCCN1)C1CCCC1. The summed E-state index contributed by atoms with van der Waals surface area (Å²) in [6, 6.07) is 0.988. The van der Waals surface area contributed by atoms with Crippen molar-refractivity contribution < 1.29 is 4.79 Å². The molecule has 1 saturated carbocycles. The Bertz CT molecular complexity index is 230. The molecule has 1 aliphatic heterocycles. The molecule has 1 amide bonds. The summed E-state index contributed by atoms with van der Waals surface area (Å²) in [5, 5.41) is 3.41. The lowest BCUT2D eigenvalue weighted by atomic mass is 10.1. The van der Waals surface area contributed by atoms with Gasteiger partial charge in [0.2, 0.25) is 5.91 Å². The van der Waals surface area contributed by atoms with Crippen molar-refractivity contribution in [3.63, 3.8) is 0 Å². The minimum Gasteiger partial charge on any atom is -0.340 e. The molecule has 2 fully saturated rings.